The zero-order valence-corrected chi connectivity index (χ0v) is 11.1. The molecule has 2 amide bonds. The molecule has 5 nitrogen and oxygen atoms in total. The molecule has 1 atom stereocenters. The molecule has 1 saturated heterocycles. The fourth-order valence-electron chi connectivity index (χ4n) is 2.26. The molecule has 0 radical (unpaired) electrons. The quantitative estimate of drug-likeness (QED) is 0.898. The van der Waals surface area contributed by atoms with E-state index in [2.05, 4.69) is 4.98 Å². The molecule has 1 unspecified atom stereocenters. The SMILES string of the molecule is NC(=O)C1CCCN(C(=O)c2ccc(C(F)(F)F)nc2)C1. The Labute approximate surface area is 118 Å². The lowest BCUT2D eigenvalue weighted by molar-refractivity contribution is -0.141. The second kappa shape index (κ2) is 5.71. The van der Waals surface area contributed by atoms with E-state index in [0.29, 0.717) is 19.4 Å². The largest absolute Gasteiger partial charge is 0.433 e. The minimum absolute atomic E-state index is 0.0631. The summed E-state index contributed by atoms with van der Waals surface area (Å²) < 4.78 is 37.2. The van der Waals surface area contributed by atoms with Gasteiger partial charge in [0.2, 0.25) is 5.91 Å². The zero-order chi connectivity index (χ0) is 15.6. The second-order valence-corrected chi connectivity index (χ2v) is 4.92. The standard InChI is InChI=1S/C13H14F3N3O2/c14-13(15,16)10-4-3-8(6-18-10)12(21)19-5-1-2-9(7-19)11(17)20/h3-4,6,9H,1-2,5,7H2,(H2,17,20). The average Bonchev–Trinajstić information content (AvgIpc) is 2.46. The van der Waals surface area contributed by atoms with Crippen LogP contribution >= 0.6 is 0 Å². The molecule has 8 heteroatoms. The van der Waals surface area contributed by atoms with Gasteiger partial charge in [0.15, 0.2) is 0 Å². The molecule has 21 heavy (non-hydrogen) atoms. The van der Waals surface area contributed by atoms with Crippen LogP contribution in [0, 0.1) is 5.92 Å². The molecule has 1 fully saturated rings. The molecule has 0 aromatic carbocycles. The highest BCUT2D eigenvalue weighted by atomic mass is 19.4. The normalized spacial score (nSPS) is 19.4. The number of halogens is 3. The van der Waals surface area contributed by atoms with Gasteiger partial charge in [0, 0.05) is 19.3 Å². The van der Waals surface area contributed by atoms with E-state index in [1.54, 1.807) is 0 Å². The highest BCUT2D eigenvalue weighted by Crippen LogP contribution is 2.27. The highest BCUT2D eigenvalue weighted by molar-refractivity contribution is 5.94. The van der Waals surface area contributed by atoms with Crippen LogP contribution in [0.3, 0.4) is 0 Å². The van der Waals surface area contributed by atoms with Crippen molar-refractivity contribution in [2.75, 3.05) is 13.1 Å². The van der Waals surface area contributed by atoms with Crippen molar-refractivity contribution in [3.8, 4) is 0 Å². The Bertz CT molecular complexity index is 543. The molecule has 0 spiro atoms. The van der Waals surface area contributed by atoms with Crippen molar-refractivity contribution in [2.45, 2.75) is 19.0 Å². The van der Waals surface area contributed by atoms with Crippen LogP contribution in [0.2, 0.25) is 0 Å². The predicted octanol–water partition coefficient (Wildman–Crippen LogP) is 1.44. The summed E-state index contributed by atoms with van der Waals surface area (Å²) in [5.74, 6) is -1.33. The summed E-state index contributed by atoms with van der Waals surface area (Å²) in [5, 5.41) is 0. The van der Waals surface area contributed by atoms with Crippen molar-refractivity contribution < 1.29 is 22.8 Å². The second-order valence-electron chi connectivity index (χ2n) is 4.92. The number of hydrogen-bond donors (Lipinski definition) is 1. The number of carbonyl (C=O) groups excluding carboxylic acids is 2. The maximum absolute atomic E-state index is 12.4. The molecular formula is C13H14F3N3O2. The van der Waals surface area contributed by atoms with Crippen LogP contribution in [-0.4, -0.2) is 34.8 Å². The van der Waals surface area contributed by atoms with E-state index >= 15 is 0 Å². The Balaban J connectivity index is 2.11. The molecule has 1 aromatic rings. The molecule has 0 saturated carbocycles. The Morgan fingerprint density at radius 2 is 2.05 bits per heavy atom. The number of primary amides is 1. The van der Waals surface area contributed by atoms with Gasteiger partial charge >= 0.3 is 6.18 Å². The number of carbonyl (C=O) groups is 2. The van der Waals surface area contributed by atoms with Crippen LogP contribution in [0.5, 0.6) is 0 Å². The number of aromatic nitrogens is 1. The summed E-state index contributed by atoms with van der Waals surface area (Å²) in [6, 6.07) is 1.86. The van der Waals surface area contributed by atoms with Crippen molar-refractivity contribution in [3.05, 3.63) is 29.6 Å². The molecule has 2 heterocycles. The van der Waals surface area contributed by atoms with E-state index in [1.807, 2.05) is 0 Å². The van der Waals surface area contributed by atoms with Gasteiger partial charge in [0.1, 0.15) is 5.69 Å². The van der Waals surface area contributed by atoms with Crippen molar-refractivity contribution in [1.29, 1.82) is 0 Å². The summed E-state index contributed by atoms with van der Waals surface area (Å²) >= 11 is 0. The number of rotatable bonds is 2. The Morgan fingerprint density at radius 1 is 1.33 bits per heavy atom. The van der Waals surface area contributed by atoms with Crippen molar-refractivity contribution in [2.24, 2.45) is 11.7 Å². The molecule has 2 N–H and O–H groups in total. The van der Waals surface area contributed by atoms with Crippen molar-refractivity contribution >= 4 is 11.8 Å². The lowest BCUT2D eigenvalue weighted by Gasteiger charge is -2.31. The van der Waals surface area contributed by atoms with Crippen LogP contribution in [0.15, 0.2) is 18.3 Å². The monoisotopic (exact) mass is 301 g/mol. The van der Waals surface area contributed by atoms with E-state index in [4.69, 9.17) is 5.73 Å². The van der Waals surface area contributed by atoms with Gasteiger partial charge in [-0.25, -0.2) is 0 Å². The minimum Gasteiger partial charge on any atom is -0.369 e. The third-order valence-electron chi connectivity index (χ3n) is 3.41. The van der Waals surface area contributed by atoms with Crippen LogP contribution in [0.25, 0.3) is 0 Å². The van der Waals surface area contributed by atoms with Crippen LogP contribution in [0.1, 0.15) is 28.9 Å². The van der Waals surface area contributed by atoms with Crippen molar-refractivity contribution in [3.63, 3.8) is 0 Å². The van der Waals surface area contributed by atoms with Gasteiger partial charge < -0.3 is 10.6 Å². The van der Waals surface area contributed by atoms with E-state index in [9.17, 15) is 22.8 Å². The van der Waals surface area contributed by atoms with E-state index < -0.39 is 29.6 Å². The molecule has 0 aliphatic carbocycles. The third kappa shape index (κ3) is 3.50. The third-order valence-corrected chi connectivity index (χ3v) is 3.41. The molecule has 114 valence electrons. The molecule has 1 aromatic heterocycles. The fraction of sp³-hybridized carbons (Fsp3) is 0.462. The van der Waals surface area contributed by atoms with Crippen molar-refractivity contribution in [1.82, 2.24) is 9.88 Å². The van der Waals surface area contributed by atoms with Gasteiger partial charge in [0.05, 0.1) is 11.5 Å². The molecular weight excluding hydrogens is 287 g/mol. The Hall–Kier alpha value is -2.12. The van der Waals surface area contributed by atoms with Crippen LogP contribution in [0.4, 0.5) is 13.2 Å². The number of likely N-dealkylation sites (tertiary alicyclic amines) is 1. The average molecular weight is 301 g/mol. The van der Waals surface area contributed by atoms with Crippen LogP contribution in [-0.2, 0) is 11.0 Å². The molecule has 2 rings (SSSR count). The van der Waals surface area contributed by atoms with Gasteiger partial charge in [-0.05, 0) is 25.0 Å². The zero-order valence-electron chi connectivity index (χ0n) is 11.1. The smallest absolute Gasteiger partial charge is 0.369 e. The van der Waals surface area contributed by atoms with Gasteiger partial charge in [-0.1, -0.05) is 0 Å². The maximum Gasteiger partial charge on any atom is 0.433 e. The summed E-state index contributed by atoms with van der Waals surface area (Å²) in [6.45, 7) is 0.638. The number of pyridine rings is 1. The number of alkyl halides is 3. The number of piperidine rings is 1. The summed E-state index contributed by atoms with van der Waals surface area (Å²) in [6.07, 6.45) is -2.39. The lowest BCUT2D eigenvalue weighted by Crippen LogP contribution is -2.44. The highest BCUT2D eigenvalue weighted by Gasteiger charge is 2.33. The first-order valence-electron chi connectivity index (χ1n) is 6.41. The van der Waals surface area contributed by atoms with Gasteiger partial charge in [-0.3, -0.25) is 14.6 Å². The Kier molecular flexibility index (Phi) is 4.15. The summed E-state index contributed by atoms with van der Waals surface area (Å²) in [7, 11) is 0. The number of nitrogens with zero attached hydrogens (tertiary/aromatic N) is 2. The first-order valence-corrected chi connectivity index (χ1v) is 6.41. The summed E-state index contributed by atoms with van der Waals surface area (Å²) in [4.78, 5) is 28.0. The van der Waals surface area contributed by atoms with E-state index in [-0.39, 0.29) is 12.1 Å². The number of nitrogens with two attached hydrogens (primary N) is 1. The van der Waals surface area contributed by atoms with E-state index in [1.165, 1.54) is 4.90 Å². The Morgan fingerprint density at radius 3 is 2.57 bits per heavy atom. The fourth-order valence-corrected chi connectivity index (χ4v) is 2.26. The minimum atomic E-state index is -4.54. The van der Waals surface area contributed by atoms with Crippen LogP contribution < -0.4 is 5.73 Å². The van der Waals surface area contributed by atoms with Gasteiger partial charge in [-0.15, -0.1) is 0 Å². The first kappa shape index (κ1) is 15.3. The number of hydrogen-bond acceptors (Lipinski definition) is 3. The molecule has 1 aliphatic heterocycles. The topological polar surface area (TPSA) is 76.3 Å². The predicted molar refractivity (Wildman–Crippen MR) is 67.1 cm³/mol. The maximum atomic E-state index is 12.4. The lowest BCUT2D eigenvalue weighted by atomic mass is 9.97. The van der Waals surface area contributed by atoms with E-state index in [0.717, 1.165) is 18.3 Å². The number of amides is 2. The summed E-state index contributed by atoms with van der Waals surface area (Å²) in [5.41, 5.74) is 4.24. The molecule has 0 bridgehead atoms. The van der Waals surface area contributed by atoms with Gasteiger partial charge in [0.25, 0.3) is 5.91 Å². The van der Waals surface area contributed by atoms with Gasteiger partial charge in [-0.2, -0.15) is 13.2 Å². The molecule has 1 aliphatic rings. The first-order chi connectivity index (χ1) is 9.79.